The lowest BCUT2D eigenvalue weighted by atomic mass is 9.98. The third-order valence-corrected chi connectivity index (χ3v) is 5.06. The average Bonchev–Trinajstić information content (AvgIpc) is 3.05. The fourth-order valence-electron chi connectivity index (χ4n) is 3.47. The van der Waals surface area contributed by atoms with E-state index in [4.69, 9.17) is 0 Å². The second-order valence-electron chi connectivity index (χ2n) is 6.21. The summed E-state index contributed by atoms with van der Waals surface area (Å²) >= 11 is 3.40. The molecule has 1 fully saturated rings. The van der Waals surface area contributed by atoms with Gasteiger partial charge in [0.25, 0.3) is 5.91 Å². The summed E-state index contributed by atoms with van der Waals surface area (Å²) in [7, 11) is 0. The standard InChI is InChI=1S/C19H18BrN3O/c20-15-9-14(11-21-12-15)19(24)23-8-4-3-7-18(23)17-10-13-5-1-2-6-16(13)22-17/h1-2,5-6,9-12,18,22H,3-4,7-8H2/t18-/m1/s1. The molecule has 5 heteroatoms. The van der Waals surface area contributed by atoms with Gasteiger partial charge in [0, 0.05) is 34.6 Å². The van der Waals surface area contributed by atoms with Gasteiger partial charge in [-0.15, -0.1) is 0 Å². The third kappa shape index (κ3) is 2.84. The number of piperidine rings is 1. The van der Waals surface area contributed by atoms with Crippen LogP contribution in [0.5, 0.6) is 0 Å². The van der Waals surface area contributed by atoms with Gasteiger partial charge in [0.1, 0.15) is 0 Å². The Labute approximate surface area is 149 Å². The molecule has 0 saturated carbocycles. The van der Waals surface area contributed by atoms with Crippen molar-refractivity contribution >= 4 is 32.7 Å². The maximum absolute atomic E-state index is 13.0. The molecule has 0 bridgehead atoms. The van der Waals surface area contributed by atoms with Gasteiger partial charge in [0.2, 0.25) is 0 Å². The van der Waals surface area contributed by atoms with Crippen LogP contribution in [0.2, 0.25) is 0 Å². The van der Waals surface area contributed by atoms with Crippen molar-refractivity contribution in [3.8, 4) is 0 Å². The minimum atomic E-state index is 0.0483. The van der Waals surface area contributed by atoms with Gasteiger partial charge in [-0.2, -0.15) is 0 Å². The number of nitrogens with zero attached hydrogens (tertiary/aromatic N) is 2. The van der Waals surface area contributed by atoms with E-state index < -0.39 is 0 Å². The van der Waals surface area contributed by atoms with E-state index in [1.54, 1.807) is 12.4 Å². The maximum Gasteiger partial charge on any atom is 0.256 e. The molecule has 1 aromatic carbocycles. The number of rotatable bonds is 2. The Hall–Kier alpha value is -2.14. The van der Waals surface area contributed by atoms with Crippen molar-refractivity contribution in [2.24, 2.45) is 0 Å². The number of pyridine rings is 1. The molecule has 3 aromatic rings. The summed E-state index contributed by atoms with van der Waals surface area (Å²) in [4.78, 5) is 22.6. The fourth-order valence-corrected chi connectivity index (χ4v) is 3.83. The normalized spacial score (nSPS) is 18.0. The molecule has 2 aromatic heterocycles. The first-order chi connectivity index (χ1) is 11.7. The molecule has 4 nitrogen and oxygen atoms in total. The summed E-state index contributed by atoms with van der Waals surface area (Å²) in [5.41, 5.74) is 2.87. The molecule has 0 unspecified atom stereocenters. The Balaban J connectivity index is 1.69. The van der Waals surface area contributed by atoms with Gasteiger partial charge in [-0.1, -0.05) is 18.2 Å². The first-order valence-electron chi connectivity index (χ1n) is 8.21. The van der Waals surface area contributed by atoms with Gasteiger partial charge in [0.15, 0.2) is 0 Å². The number of nitrogens with one attached hydrogen (secondary N) is 1. The van der Waals surface area contributed by atoms with Crippen molar-refractivity contribution in [2.75, 3.05) is 6.54 Å². The zero-order valence-electron chi connectivity index (χ0n) is 13.2. The number of hydrogen-bond acceptors (Lipinski definition) is 2. The lowest BCUT2D eigenvalue weighted by molar-refractivity contribution is 0.0606. The number of carbonyl (C=O) groups excluding carboxylic acids is 1. The Morgan fingerprint density at radius 3 is 2.92 bits per heavy atom. The Morgan fingerprint density at radius 1 is 1.21 bits per heavy atom. The second-order valence-corrected chi connectivity index (χ2v) is 7.13. The van der Waals surface area contributed by atoms with E-state index in [0.717, 1.165) is 41.5 Å². The van der Waals surface area contributed by atoms with Crippen LogP contribution in [0.1, 0.15) is 41.4 Å². The summed E-state index contributed by atoms with van der Waals surface area (Å²) < 4.78 is 0.826. The van der Waals surface area contributed by atoms with Gasteiger partial charge in [-0.3, -0.25) is 9.78 Å². The first kappa shape index (κ1) is 15.4. The molecule has 0 radical (unpaired) electrons. The van der Waals surface area contributed by atoms with E-state index in [-0.39, 0.29) is 11.9 Å². The smallest absolute Gasteiger partial charge is 0.256 e. The number of benzene rings is 1. The lowest BCUT2D eigenvalue weighted by Crippen LogP contribution is -2.38. The minimum Gasteiger partial charge on any atom is -0.357 e. The fraction of sp³-hybridized carbons (Fsp3) is 0.263. The molecule has 0 aliphatic carbocycles. The van der Waals surface area contributed by atoms with Crippen LogP contribution in [0.4, 0.5) is 0 Å². The summed E-state index contributed by atoms with van der Waals surface area (Å²) in [5.74, 6) is 0.0483. The number of amides is 1. The second kappa shape index (κ2) is 6.40. The number of hydrogen-bond donors (Lipinski definition) is 1. The van der Waals surface area contributed by atoms with E-state index in [1.165, 1.54) is 5.39 Å². The largest absolute Gasteiger partial charge is 0.357 e. The van der Waals surface area contributed by atoms with E-state index >= 15 is 0 Å². The van der Waals surface area contributed by atoms with Crippen LogP contribution in [0, 0.1) is 0 Å². The summed E-state index contributed by atoms with van der Waals surface area (Å²) in [6, 6.07) is 12.3. The highest BCUT2D eigenvalue weighted by atomic mass is 79.9. The summed E-state index contributed by atoms with van der Waals surface area (Å²) in [5, 5.41) is 1.19. The van der Waals surface area contributed by atoms with Crippen molar-refractivity contribution in [1.82, 2.24) is 14.9 Å². The van der Waals surface area contributed by atoms with Crippen LogP contribution in [0.25, 0.3) is 10.9 Å². The highest BCUT2D eigenvalue weighted by Gasteiger charge is 2.30. The van der Waals surface area contributed by atoms with Crippen LogP contribution in [0.15, 0.2) is 53.3 Å². The van der Waals surface area contributed by atoms with E-state index in [0.29, 0.717) is 5.56 Å². The molecule has 0 spiro atoms. The number of aromatic nitrogens is 2. The quantitative estimate of drug-likeness (QED) is 0.697. The van der Waals surface area contributed by atoms with Crippen LogP contribution < -0.4 is 0 Å². The molecule has 1 aliphatic rings. The molecule has 1 amide bonds. The molecule has 4 rings (SSSR count). The van der Waals surface area contributed by atoms with E-state index in [9.17, 15) is 4.79 Å². The minimum absolute atomic E-state index is 0.0483. The van der Waals surface area contributed by atoms with Crippen molar-refractivity contribution in [1.29, 1.82) is 0 Å². The first-order valence-corrected chi connectivity index (χ1v) is 9.01. The van der Waals surface area contributed by atoms with Crippen LogP contribution in [-0.4, -0.2) is 27.3 Å². The third-order valence-electron chi connectivity index (χ3n) is 4.63. The molecule has 1 N–H and O–H groups in total. The van der Waals surface area contributed by atoms with Gasteiger partial charge in [0.05, 0.1) is 11.6 Å². The molecular weight excluding hydrogens is 366 g/mol. The lowest BCUT2D eigenvalue weighted by Gasteiger charge is -2.35. The highest BCUT2D eigenvalue weighted by Crippen LogP contribution is 2.33. The van der Waals surface area contributed by atoms with Crippen molar-refractivity contribution < 1.29 is 4.79 Å². The maximum atomic E-state index is 13.0. The topological polar surface area (TPSA) is 49.0 Å². The monoisotopic (exact) mass is 383 g/mol. The number of aromatic amines is 1. The number of likely N-dealkylation sites (tertiary alicyclic amines) is 1. The highest BCUT2D eigenvalue weighted by molar-refractivity contribution is 9.10. The number of carbonyl (C=O) groups is 1. The Morgan fingerprint density at radius 2 is 2.08 bits per heavy atom. The van der Waals surface area contributed by atoms with E-state index in [1.807, 2.05) is 23.1 Å². The number of halogens is 1. The van der Waals surface area contributed by atoms with Gasteiger partial charge < -0.3 is 9.88 Å². The van der Waals surface area contributed by atoms with Gasteiger partial charge in [-0.25, -0.2) is 0 Å². The van der Waals surface area contributed by atoms with Gasteiger partial charge >= 0.3 is 0 Å². The summed E-state index contributed by atoms with van der Waals surface area (Å²) in [6.07, 6.45) is 6.51. The summed E-state index contributed by atoms with van der Waals surface area (Å²) in [6.45, 7) is 0.783. The van der Waals surface area contributed by atoms with Crippen molar-refractivity contribution in [3.05, 3.63) is 64.5 Å². The Kier molecular flexibility index (Phi) is 4.10. The average molecular weight is 384 g/mol. The molecule has 3 heterocycles. The molecule has 24 heavy (non-hydrogen) atoms. The van der Waals surface area contributed by atoms with Crippen molar-refractivity contribution in [2.45, 2.75) is 25.3 Å². The van der Waals surface area contributed by atoms with E-state index in [2.05, 4.69) is 44.1 Å². The molecule has 1 aliphatic heterocycles. The number of fused-ring (bicyclic) bond motifs is 1. The molecule has 1 saturated heterocycles. The molecule has 1 atom stereocenters. The van der Waals surface area contributed by atoms with Crippen molar-refractivity contribution in [3.63, 3.8) is 0 Å². The number of para-hydroxylation sites is 1. The zero-order chi connectivity index (χ0) is 16.5. The van der Waals surface area contributed by atoms with Crippen LogP contribution >= 0.6 is 15.9 Å². The number of H-pyrrole nitrogens is 1. The van der Waals surface area contributed by atoms with Gasteiger partial charge in [-0.05, 0) is 58.8 Å². The zero-order valence-corrected chi connectivity index (χ0v) is 14.8. The Bertz CT molecular complexity index is 856. The SMILES string of the molecule is O=C(c1cncc(Br)c1)N1CCCC[C@@H]1c1cc2ccccc2[nH]1. The predicted octanol–water partition coefficient (Wildman–Crippen LogP) is 4.69. The predicted molar refractivity (Wildman–Crippen MR) is 97.9 cm³/mol. The van der Waals surface area contributed by atoms with Crippen LogP contribution in [-0.2, 0) is 0 Å². The van der Waals surface area contributed by atoms with Crippen LogP contribution in [0.3, 0.4) is 0 Å². The molecule has 122 valence electrons. The molecular formula is C19H18BrN3O.